The predicted octanol–water partition coefficient (Wildman–Crippen LogP) is 1.92. The van der Waals surface area contributed by atoms with Crippen LogP contribution in [0.4, 0.5) is 0 Å². The Kier molecular flexibility index (Phi) is 4.99. The second-order valence-corrected chi connectivity index (χ2v) is 10.1. The second-order valence-electron chi connectivity index (χ2n) is 8.05. The summed E-state index contributed by atoms with van der Waals surface area (Å²) >= 11 is 0. The first-order valence-corrected chi connectivity index (χ1v) is 11.6. The molecule has 1 saturated heterocycles. The van der Waals surface area contributed by atoms with Crippen molar-refractivity contribution >= 4 is 15.8 Å². The Morgan fingerprint density at radius 2 is 2.07 bits per heavy atom. The Morgan fingerprint density at radius 3 is 2.72 bits per heavy atom. The Labute approximate surface area is 171 Å². The average molecular weight is 422 g/mol. The number of ketones is 1. The van der Waals surface area contributed by atoms with Crippen molar-refractivity contribution in [3.05, 3.63) is 34.9 Å². The fraction of sp³-hybridized carbons (Fsp3) is 0.571. The summed E-state index contributed by atoms with van der Waals surface area (Å²) in [5.41, 5.74) is 1.72. The lowest BCUT2D eigenvalue weighted by atomic mass is 9.56. The number of Topliss-reactive ketones (excluding diaryl/α,β-unsaturated/α-hetero) is 1. The first-order chi connectivity index (χ1) is 13.8. The summed E-state index contributed by atoms with van der Waals surface area (Å²) in [7, 11) is -0.445. The van der Waals surface area contributed by atoms with Crippen LogP contribution >= 0.6 is 0 Å². The maximum atomic E-state index is 13.0. The summed E-state index contributed by atoms with van der Waals surface area (Å²) < 4.78 is 38.2. The molecule has 3 aliphatic rings. The van der Waals surface area contributed by atoms with Gasteiger partial charge in [-0.1, -0.05) is 13.0 Å². The summed E-state index contributed by atoms with van der Waals surface area (Å²) in [5.74, 6) is 0.438. The van der Waals surface area contributed by atoms with Gasteiger partial charge in [0, 0.05) is 31.1 Å². The van der Waals surface area contributed by atoms with Crippen LogP contribution in [0.25, 0.3) is 0 Å². The van der Waals surface area contributed by atoms with E-state index in [-0.39, 0.29) is 29.7 Å². The molecule has 8 heteroatoms. The lowest BCUT2D eigenvalue weighted by Gasteiger charge is -2.54. The summed E-state index contributed by atoms with van der Waals surface area (Å²) in [6, 6.07) is 3.21. The number of carbonyl (C=O) groups is 1. The van der Waals surface area contributed by atoms with Crippen LogP contribution in [0.1, 0.15) is 37.3 Å². The van der Waals surface area contributed by atoms with E-state index in [4.69, 9.17) is 9.47 Å². The highest BCUT2D eigenvalue weighted by atomic mass is 32.2. The summed E-state index contributed by atoms with van der Waals surface area (Å²) in [6.07, 6.45) is 2.71. The highest BCUT2D eigenvalue weighted by molar-refractivity contribution is 7.89. The molecule has 3 atom stereocenters. The van der Waals surface area contributed by atoms with Gasteiger partial charge in [-0.2, -0.15) is 4.31 Å². The standard InChI is InChI=1S/C21H27NO6S/c1-4-9-29(25,26)22-8-7-21-12-16(23)18(28-3)11-14(21)15(22)10-13-5-6-17(27-2)20(24)19(13)21/h5-6,11,15,18,24H,4,7-10,12H2,1-3H3/t15-,18?,21+/m0/s1. The van der Waals surface area contributed by atoms with Gasteiger partial charge >= 0.3 is 0 Å². The third-order valence-corrected chi connectivity index (χ3v) is 8.63. The molecule has 0 spiro atoms. The van der Waals surface area contributed by atoms with Gasteiger partial charge < -0.3 is 14.6 Å². The first kappa shape index (κ1) is 20.4. The van der Waals surface area contributed by atoms with Crippen LogP contribution in [-0.4, -0.2) is 62.3 Å². The molecular weight excluding hydrogens is 394 g/mol. The minimum absolute atomic E-state index is 0.0443. The largest absolute Gasteiger partial charge is 0.504 e. The number of fused-ring (bicyclic) bond motifs is 1. The number of ether oxygens (including phenoxy) is 2. The van der Waals surface area contributed by atoms with Crippen molar-refractivity contribution in [2.45, 2.75) is 50.2 Å². The topological polar surface area (TPSA) is 93.1 Å². The van der Waals surface area contributed by atoms with Gasteiger partial charge in [0.2, 0.25) is 10.0 Å². The number of benzene rings is 1. The fourth-order valence-corrected chi connectivity index (χ4v) is 7.05. The number of hydrogen-bond acceptors (Lipinski definition) is 6. The molecule has 2 aliphatic carbocycles. The lowest BCUT2D eigenvalue weighted by Crippen LogP contribution is -2.59. The molecular formula is C21H27NO6S. The number of carbonyl (C=O) groups excluding carboxylic acids is 1. The van der Waals surface area contributed by atoms with Crippen molar-refractivity contribution in [3.8, 4) is 11.5 Å². The molecule has 1 fully saturated rings. The molecule has 0 aromatic heterocycles. The van der Waals surface area contributed by atoms with Crippen LogP contribution in [0.3, 0.4) is 0 Å². The van der Waals surface area contributed by atoms with Crippen molar-refractivity contribution in [1.29, 1.82) is 0 Å². The van der Waals surface area contributed by atoms with E-state index in [1.165, 1.54) is 14.2 Å². The molecule has 1 aromatic rings. The Balaban J connectivity index is 1.95. The Hall–Kier alpha value is -1.90. The molecule has 0 radical (unpaired) electrons. The maximum Gasteiger partial charge on any atom is 0.214 e. The molecule has 7 nitrogen and oxygen atoms in total. The number of aromatic hydroxyl groups is 1. The van der Waals surface area contributed by atoms with Crippen LogP contribution < -0.4 is 4.74 Å². The van der Waals surface area contributed by atoms with Gasteiger partial charge in [0.15, 0.2) is 17.3 Å². The molecule has 29 heavy (non-hydrogen) atoms. The number of sulfonamides is 1. The predicted molar refractivity (Wildman–Crippen MR) is 108 cm³/mol. The van der Waals surface area contributed by atoms with Gasteiger partial charge in [-0.25, -0.2) is 8.42 Å². The van der Waals surface area contributed by atoms with E-state index in [0.29, 0.717) is 37.1 Å². The molecule has 1 unspecified atom stereocenters. The van der Waals surface area contributed by atoms with Gasteiger partial charge in [0.05, 0.1) is 18.9 Å². The fourth-order valence-electron chi connectivity index (χ4n) is 5.36. The summed E-state index contributed by atoms with van der Waals surface area (Å²) in [6.45, 7) is 2.18. The number of piperidine rings is 1. The van der Waals surface area contributed by atoms with Crippen LogP contribution in [0.2, 0.25) is 0 Å². The van der Waals surface area contributed by atoms with Gasteiger partial charge in [0.25, 0.3) is 0 Å². The van der Waals surface area contributed by atoms with Gasteiger partial charge in [-0.15, -0.1) is 0 Å². The summed E-state index contributed by atoms with van der Waals surface area (Å²) in [5, 5.41) is 11.0. The second kappa shape index (κ2) is 7.11. The van der Waals surface area contributed by atoms with Crippen molar-refractivity contribution in [2.24, 2.45) is 0 Å². The van der Waals surface area contributed by atoms with Crippen LogP contribution in [0.5, 0.6) is 11.5 Å². The van der Waals surface area contributed by atoms with E-state index in [0.717, 1.165) is 11.1 Å². The number of hydrogen-bond donors (Lipinski definition) is 1. The number of phenols is 1. The van der Waals surface area contributed by atoms with E-state index in [1.807, 2.05) is 13.0 Å². The van der Waals surface area contributed by atoms with Crippen LogP contribution in [0, 0.1) is 0 Å². The molecule has 4 rings (SSSR count). The number of nitrogens with zero attached hydrogens (tertiary/aromatic N) is 1. The molecule has 2 bridgehead atoms. The molecule has 1 aromatic carbocycles. The van der Waals surface area contributed by atoms with Crippen molar-refractivity contribution in [2.75, 3.05) is 26.5 Å². The first-order valence-electron chi connectivity index (χ1n) is 9.95. The highest BCUT2D eigenvalue weighted by Crippen LogP contribution is 2.57. The minimum Gasteiger partial charge on any atom is -0.504 e. The van der Waals surface area contributed by atoms with E-state index < -0.39 is 21.5 Å². The number of methoxy groups -OCH3 is 2. The van der Waals surface area contributed by atoms with Crippen molar-refractivity contribution in [3.63, 3.8) is 0 Å². The van der Waals surface area contributed by atoms with E-state index in [2.05, 4.69) is 0 Å². The molecule has 0 saturated carbocycles. The lowest BCUT2D eigenvalue weighted by molar-refractivity contribution is -0.128. The molecule has 1 heterocycles. The zero-order valence-electron chi connectivity index (χ0n) is 17.0. The maximum absolute atomic E-state index is 13.0. The summed E-state index contributed by atoms with van der Waals surface area (Å²) in [4.78, 5) is 12.8. The minimum atomic E-state index is -3.42. The Morgan fingerprint density at radius 1 is 1.31 bits per heavy atom. The van der Waals surface area contributed by atoms with Gasteiger partial charge in [-0.05, 0) is 42.5 Å². The van der Waals surface area contributed by atoms with E-state index in [9.17, 15) is 18.3 Å². The Bertz CT molecular complexity index is 985. The number of phenolic OH excluding ortho intramolecular Hbond substituents is 1. The smallest absolute Gasteiger partial charge is 0.214 e. The van der Waals surface area contributed by atoms with E-state index in [1.54, 1.807) is 16.4 Å². The quantitative estimate of drug-likeness (QED) is 0.730. The van der Waals surface area contributed by atoms with Crippen molar-refractivity contribution in [1.82, 2.24) is 4.31 Å². The van der Waals surface area contributed by atoms with E-state index >= 15 is 0 Å². The average Bonchev–Trinajstić information content (AvgIpc) is 2.66. The van der Waals surface area contributed by atoms with Crippen LogP contribution in [0.15, 0.2) is 23.8 Å². The monoisotopic (exact) mass is 421 g/mol. The highest BCUT2D eigenvalue weighted by Gasteiger charge is 2.56. The normalized spacial score (nSPS) is 29.1. The zero-order valence-corrected chi connectivity index (χ0v) is 17.8. The third-order valence-electron chi connectivity index (χ3n) is 6.55. The zero-order chi connectivity index (χ0) is 21.0. The molecule has 1 N–H and O–H groups in total. The van der Waals surface area contributed by atoms with Gasteiger partial charge in [0.1, 0.15) is 6.10 Å². The molecule has 1 aliphatic heterocycles. The van der Waals surface area contributed by atoms with Crippen molar-refractivity contribution < 1.29 is 27.8 Å². The number of rotatable bonds is 5. The third kappa shape index (κ3) is 2.92. The SMILES string of the molecule is CCCS(=O)(=O)N1CC[C@@]23CC(=O)C(OC)C=C2[C@@H]1Cc1ccc(OC)c(O)c13. The van der Waals surface area contributed by atoms with Crippen LogP contribution in [-0.2, 0) is 31.4 Å². The van der Waals surface area contributed by atoms with Gasteiger partial charge in [-0.3, -0.25) is 4.79 Å². The molecule has 0 amide bonds. The molecule has 158 valence electrons.